The molecule has 1 aliphatic rings. The molecule has 0 saturated heterocycles. The molecule has 1 aliphatic heterocycles. The summed E-state index contributed by atoms with van der Waals surface area (Å²) in [6.45, 7) is 5.16. The molecule has 0 aliphatic carbocycles. The summed E-state index contributed by atoms with van der Waals surface area (Å²) >= 11 is 16.5. The summed E-state index contributed by atoms with van der Waals surface area (Å²) in [6, 6.07) is 20.1. The van der Waals surface area contributed by atoms with Crippen molar-refractivity contribution in [2.75, 3.05) is 19.8 Å². The first-order chi connectivity index (χ1) is 19.2. The number of amides is 1. The van der Waals surface area contributed by atoms with Gasteiger partial charge in [-0.1, -0.05) is 77.2 Å². The summed E-state index contributed by atoms with van der Waals surface area (Å²) < 4.78 is 13.0. The molecule has 4 rings (SSSR count). The van der Waals surface area contributed by atoms with Crippen molar-refractivity contribution >= 4 is 50.9 Å². The average molecular weight is 649 g/mol. The maximum atomic E-state index is 14.1. The van der Waals surface area contributed by atoms with Crippen molar-refractivity contribution in [3.8, 4) is 5.75 Å². The minimum atomic E-state index is -1.41. The summed E-state index contributed by atoms with van der Waals surface area (Å²) in [5.74, 6) is 0.934. The van der Waals surface area contributed by atoms with Crippen LogP contribution in [-0.4, -0.2) is 42.2 Å². The van der Waals surface area contributed by atoms with Gasteiger partial charge in [-0.25, -0.2) is 10.4 Å². The number of nitrogens with zero attached hydrogens (tertiary/aromatic N) is 1. The number of carbonyl (C=O) groups is 1. The lowest BCUT2D eigenvalue weighted by molar-refractivity contribution is -0.130. The third-order valence-corrected chi connectivity index (χ3v) is 7.74. The zero-order valence-corrected chi connectivity index (χ0v) is 25.4. The van der Waals surface area contributed by atoms with E-state index in [1.54, 1.807) is 30.3 Å². The van der Waals surface area contributed by atoms with E-state index in [9.17, 15) is 4.79 Å². The largest absolute Gasteiger partial charge is 0.494 e. The summed E-state index contributed by atoms with van der Waals surface area (Å²) in [5, 5.41) is 9.87. The van der Waals surface area contributed by atoms with Crippen LogP contribution in [0.3, 0.4) is 0 Å². The third kappa shape index (κ3) is 7.17. The van der Waals surface area contributed by atoms with Crippen LogP contribution in [0.4, 0.5) is 0 Å². The number of aliphatic imine (C=N–C) groups is 1. The van der Waals surface area contributed by atoms with Crippen molar-refractivity contribution in [3.05, 3.63) is 97.9 Å². The number of rotatable bonds is 12. The zero-order valence-electron chi connectivity index (χ0n) is 22.3. The summed E-state index contributed by atoms with van der Waals surface area (Å²) in [6.07, 6.45) is -0.0711. The van der Waals surface area contributed by atoms with E-state index < -0.39 is 11.6 Å². The Kier molecular flexibility index (Phi) is 10.5. The minimum absolute atomic E-state index is 0.0606. The van der Waals surface area contributed by atoms with Gasteiger partial charge in [0.1, 0.15) is 5.75 Å². The van der Waals surface area contributed by atoms with E-state index in [1.807, 2.05) is 36.4 Å². The number of carbonyl (C=O) groups excluding carboxylic acids is 1. The Morgan fingerprint density at radius 2 is 1.90 bits per heavy atom. The minimum Gasteiger partial charge on any atom is -0.494 e. The van der Waals surface area contributed by atoms with Crippen LogP contribution in [-0.2, 0) is 16.0 Å². The highest BCUT2D eigenvalue weighted by Gasteiger charge is 2.54. The molecule has 40 heavy (non-hydrogen) atoms. The number of aliphatic hydroxyl groups is 1. The van der Waals surface area contributed by atoms with E-state index >= 15 is 0 Å². The lowest BCUT2D eigenvalue weighted by Crippen LogP contribution is -2.54. The monoisotopic (exact) mass is 647 g/mol. The van der Waals surface area contributed by atoms with Crippen molar-refractivity contribution in [2.24, 2.45) is 10.9 Å². The fourth-order valence-corrected chi connectivity index (χ4v) is 5.28. The Morgan fingerprint density at radius 3 is 2.58 bits per heavy atom. The first-order valence-corrected chi connectivity index (χ1v) is 14.6. The molecule has 0 fully saturated rings. The van der Waals surface area contributed by atoms with E-state index in [-0.39, 0.29) is 18.9 Å². The van der Waals surface area contributed by atoms with E-state index in [1.165, 1.54) is 0 Å². The maximum Gasteiger partial charge on any atom is 0.266 e. The summed E-state index contributed by atoms with van der Waals surface area (Å²) in [5.41, 5.74) is 6.68. The van der Waals surface area contributed by atoms with Crippen molar-refractivity contribution in [3.63, 3.8) is 0 Å². The highest BCUT2D eigenvalue weighted by Crippen LogP contribution is 2.45. The quantitative estimate of drug-likeness (QED) is 0.159. The molecular formula is C30H32BrCl2N3O4. The molecule has 0 bridgehead atoms. The molecule has 0 aromatic heterocycles. The Hall–Kier alpha value is -2.62. The molecule has 7 nitrogen and oxygen atoms in total. The van der Waals surface area contributed by atoms with Crippen LogP contribution >= 0.6 is 39.1 Å². The van der Waals surface area contributed by atoms with Crippen LogP contribution in [0, 0.1) is 5.92 Å². The van der Waals surface area contributed by atoms with Gasteiger partial charge in [-0.2, -0.15) is 0 Å². The fraction of sp³-hybridized carbons (Fsp3) is 0.333. The number of hydrazine groups is 1. The van der Waals surface area contributed by atoms with Gasteiger partial charge in [0.25, 0.3) is 5.91 Å². The van der Waals surface area contributed by atoms with Crippen LogP contribution in [0.15, 0.2) is 76.2 Å². The fourth-order valence-electron chi connectivity index (χ4n) is 4.35. The summed E-state index contributed by atoms with van der Waals surface area (Å²) in [4.78, 5) is 19.1. The molecule has 0 unspecified atom stereocenters. The first-order valence-electron chi connectivity index (χ1n) is 13.1. The zero-order chi connectivity index (χ0) is 28.7. The standard InChI is InChI=1S/C30H32BrCl2N3O4/c1-19(2)18-34-36-29(38)30(17-21-6-3-4-7-25(21)31)27(24-13-10-22(32)16-26(24)33)40-28(35-30)20-8-11-23(12-9-20)39-15-5-14-37/h3-4,6-13,16,19,27,34,37H,5,14-15,17-18H2,1-2H3,(H,36,38)/t27-,30-/m0/s1. The Labute approximate surface area is 253 Å². The van der Waals surface area contributed by atoms with Crippen molar-refractivity contribution < 1.29 is 19.4 Å². The van der Waals surface area contributed by atoms with Crippen LogP contribution in [0.2, 0.25) is 10.0 Å². The Balaban J connectivity index is 1.80. The third-order valence-electron chi connectivity index (χ3n) is 6.40. The van der Waals surface area contributed by atoms with Crippen LogP contribution < -0.4 is 15.6 Å². The topological polar surface area (TPSA) is 92.2 Å². The SMILES string of the molecule is CC(C)CNNC(=O)[C@@]1(Cc2ccccc2Br)N=C(c2ccc(OCCCO)cc2)O[C@H]1c1ccc(Cl)cc1Cl. The molecule has 0 spiro atoms. The number of aliphatic hydroxyl groups excluding tert-OH is 1. The van der Waals surface area contributed by atoms with Gasteiger partial charge in [0.05, 0.1) is 6.61 Å². The smallest absolute Gasteiger partial charge is 0.266 e. The number of hydrogen-bond donors (Lipinski definition) is 3. The number of halogens is 3. The predicted molar refractivity (Wildman–Crippen MR) is 162 cm³/mol. The summed E-state index contributed by atoms with van der Waals surface area (Å²) in [7, 11) is 0. The van der Waals surface area contributed by atoms with Crippen molar-refractivity contribution in [1.29, 1.82) is 0 Å². The van der Waals surface area contributed by atoms with Crippen molar-refractivity contribution in [2.45, 2.75) is 38.3 Å². The molecule has 1 amide bonds. The molecule has 3 aromatic carbocycles. The van der Waals surface area contributed by atoms with Gasteiger partial charge >= 0.3 is 0 Å². The Morgan fingerprint density at radius 1 is 1.15 bits per heavy atom. The second-order valence-electron chi connectivity index (χ2n) is 9.95. The molecule has 0 radical (unpaired) electrons. The van der Waals surface area contributed by atoms with Gasteiger partial charge in [0, 0.05) is 51.6 Å². The normalized spacial score (nSPS) is 18.4. The Bertz CT molecular complexity index is 1350. The number of hydrogen-bond acceptors (Lipinski definition) is 6. The van der Waals surface area contributed by atoms with Crippen molar-refractivity contribution in [1.82, 2.24) is 10.9 Å². The molecular weight excluding hydrogens is 617 g/mol. The predicted octanol–water partition coefficient (Wildman–Crippen LogP) is 6.29. The average Bonchev–Trinajstić information content (AvgIpc) is 3.30. The van der Waals surface area contributed by atoms with Crippen LogP contribution in [0.5, 0.6) is 5.75 Å². The van der Waals surface area contributed by atoms with Gasteiger partial charge in [0.2, 0.25) is 5.90 Å². The van der Waals surface area contributed by atoms with E-state index in [0.717, 1.165) is 10.0 Å². The van der Waals surface area contributed by atoms with Gasteiger partial charge in [-0.15, -0.1) is 0 Å². The first kappa shape index (κ1) is 30.3. The van der Waals surface area contributed by atoms with Crippen LogP contribution in [0.25, 0.3) is 0 Å². The number of benzene rings is 3. The molecule has 3 N–H and O–H groups in total. The lowest BCUT2D eigenvalue weighted by atomic mass is 9.82. The molecule has 0 saturated carbocycles. The molecule has 212 valence electrons. The van der Waals surface area contributed by atoms with E-state index in [2.05, 4.69) is 40.6 Å². The second kappa shape index (κ2) is 13.8. The van der Waals surface area contributed by atoms with Crippen LogP contribution in [0.1, 0.15) is 43.1 Å². The molecule has 3 aromatic rings. The van der Waals surface area contributed by atoms with Gasteiger partial charge < -0.3 is 14.6 Å². The highest BCUT2D eigenvalue weighted by atomic mass is 79.9. The van der Waals surface area contributed by atoms with E-state index in [0.29, 0.717) is 58.3 Å². The second-order valence-corrected chi connectivity index (χ2v) is 11.6. The maximum absolute atomic E-state index is 14.1. The number of nitrogens with one attached hydrogen (secondary N) is 2. The molecule has 2 atom stereocenters. The van der Waals surface area contributed by atoms with Gasteiger partial charge in [-0.05, 0) is 53.9 Å². The highest BCUT2D eigenvalue weighted by molar-refractivity contribution is 9.10. The molecule has 10 heteroatoms. The van der Waals surface area contributed by atoms with E-state index in [4.69, 9.17) is 42.8 Å². The number of ether oxygens (including phenoxy) is 2. The lowest BCUT2D eigenvalue weighted by Gasteiger charge is -2.31. The van der Waals surface area contributed by atoms with Gasteiger partial charge in [0.15, 0.2) is 11.6 Å². The molecule has 1 heterocycles. The van der Waals surface area contributed by atoms with Gasteiger partial charge in [-0.3, -0.25) is 10.2 Å².